The molecule has 1 heterocycles. The second-order valence-electron chi connectivity index (χ2n) is 11.5. The Bertz CT molecular complexity index is 1550. The molecule has 7 nitrogen and oxygen atoms in total. The quantitative estimate of drug-likeness (QED) is 0.262. The van der Waals surface area contributed by atoms with Gasteiger partial charge in [0.05, 0.1) is 26.4 Å². The van der Waals surface area contributed by atoms with Gasteiger partial charge in [0, 0.05) is 29.3 Å². The van der Waals surface area contributed by atoms with Gasteiger partial charge in [-0.2, -0.15) is 0 Å². The Balaban J connectivity index is 1.51. The summed E-state index contributed by atoms with van der Waals surface area (Å²) >= 11 is 0. The fourth-order valence-electron chi connectivity index (χ4n) is 5.83. The van der Waals surface area contributed by atoms with Gasteiger partial charge >= 0.3 is 5.97 Å². The van der Waals surface area contributed by atoms with E-state index < -0.39 is 11.9 Å². The van der Waals surface area contributed by atoms with Gasteiger partial charge in [-0.15, -0.1) is 0 Å². The molecule has 0 unspecified atom stereocenters. The maximum absolute atomic E-state index is 14.1. The molecule has 1 aliphatic heterocycles. The number of allylic oxidation sites excluding steroid dienone is 3. The molecule has 0 spiro atoms. The summed E-state index contributed by atoms with van der Waals surface area (Å²) in [6.07, 6.45) is 0.924. The summed E-state index contributed by atoms with van der Waals surface area (Å²) in [6, 6.07) is 23.4. The topological polar surface area (TPSA) is 83.1 Å². The highest BCUT2D eigenvalue weighted by Crippen LogP contribution is 2.47. The average molecular weight is 582 g/mol. The monoisotopic (exact) mass is 581 g/mol. The van der Waals surface area contributed by atoms with Gasteiger partial charge in [0.2, 0.25) is 0 Å². The van der Waals surface area contributed by atoms with Crippen LogP contribution in [-0.2, 0) is 20.9 Å². The van der Waals surface area contributed by atoms with Crippen molar-refractivity contribution in [2.45, 2.75) is 52.1 Å². The normalized spacial score (nSPS) is 18.2. The van der Waals surface area contributed by atoms with Crippen LogP contribution >= 0.6 is 0 Å². The predicted octanol–water partition coefficient (Wildman–Crippen LogP) is 6.84. The molecule has 43 heavy (non-hydrogen) atoms. The first-order chi connectivity index (χ1) is 20.8. The standard InChI is InChI=1S/C36H39NO6/c1-22(2)20-43-36(39)33-23(3)37-29-17-27(25-14-15-31(40-4)32(19-25)41-5)18-30(38)35(29)34(33)26-12-9-13-28(16-26)42-21-24-10-7-6-8-11-24/h6-16,19,22,27,34,37H,17-18,20-21H2,1-5H3/t27-,34+/m1/s1. The zero-order valence-electron chi connectivity index (χ0n) is 25.4. The lowest BCUT2D eigenvalue weighted by Gasteiger charge is -2.37. The fraction of sp³-hybridized carbons (Fsp3) is 0.333. The number of carbonyl (C=O) groups excluding carboxylic acids is 2. The number of ether oxygens (including phenoxy) is 4. The highest BCUT2D eigenvalue weighted by Gasteiger charge is 2.41. The van der Waals surface area contributed by atoms with Crippen molar-refractivity contribution in [3.8, 4) is 17.2 Å². The van der Waals surface area contributed by atoms with Gasteiger partial charge in [-0.3, -0.25) is 4.79 Å². The molecule has 0 aromatic heterocycles. The molecule has 2 aliphatic rings. The van der Waals surface area contributed by atoms with Crippen molar-refractivity contribution in [3.63, 3.8) is 0 Å². The molecule has 0 amide bonds. The van der Waals surface area contributed by atoms with Gasteiger partial charge in [-0.05, 0) is 66.1 Å². The number of benzene rings is 3. The third-order valence-corrected chi connectivity index (χ3v) is 7.91. The minimum absolute atomic E-state index is 0.00389. The lowest BCUT2D eigenvalue weighted by molar-refractivity contribution is -0.140. The molecule has 0 saturated heterocycles. The van der Waals surface area contributed by atoms with Crippen molar-refractivity contribution in [3.05, 3.63) is 112 Å². The number of hydrogen-bond acceptors (Lipinski definition) is 7. The Hall–Kier alpha value is -4.52. The molecule has 3 aromatic carbocycles. The van der Waals surface area contributed by atoms with Crippen molar-refractivity contribution in [2.75, 3.05) is 20.8 Å². The molecular formula is C36H39NO6. The van der Waals surface area contributed by atoms with E-state index in [0.29, 0.717) is 60.1 Å². The minimum atomic E-state index is -0.574. The summed E-state index contributed by atoms with van der Waals surface area (Å²) in [4.78, 5) is 27.6. The number of hydrogen-bond donors (Lipinski definition) is 1. The molecule has 3 aromatic rings. The van der Waals surface area contributed by atoms with Gasteiger partial charge in [0.15, 0.2) is 17.3 Å². The summed E-state index contributed by atoms with van der Waals surface area (Å²) < 4.78 is 22.8. The second kappa shape index (κ2) is 13.2. The van der Waals surface area contributed by atoms with Crippen LogP contribution in [0, 0.1) is 5.92 Å². The largest absolute Gasteiger partial charge is 0.493 e. The van der Waals surface area contributed by atoms with Crippen molar-refractivity contribution >= 4 is 11.8 Å². The number of nitrogens with one attached hydrogen (secondary N) is 1. The van der Waals surface area contributed by atoms with Crippen molar-refractivity contribution < 1.29 is 28.5 Å². The van der Waals surface area contributed by atoms with E-state index in [1.807, 2.05) is 93.6 Å². The van der Waals surface area contributed by atoms with Crippen LogP contribution in [0.25, 0.3) is 0 Å². The van der Waals surface area contributed by atoms with Crippen LogP contribution in [0.5, 0.6) is 17.2 Å². The maximum Gasteiger partial charge on any atom is 0.336 e. The molecule has 224 valence electrons. The summed E-state index contributed by atoms with van der Waals surface area (Å²) in [6.45, 7) is 6.58. The van der Waals surface area contributed by atoms with Crippen LogP contribution in [0.15, 0.2) is 95.3 Å². The first kappa shape index (κ1) is 30.0. The first-order valence-electron chi connectivity index (χ1n) is 14.7. The van der Waals surface area contributed by atoms with Gasteiger partial charge in [0.25, 0.3) is 0 Å². The molecule has 0 bridgehead atoms. The zero-order chi connectivity index (χ0) is 30.5. The molecule has 5 rings (SSSR count). The number of ketones is 1. The van der Waals surface area contributed by atoms with E-state index in [9.17, 15) is 9.59 Å². The number of Topliss-reactive ketones (excluding diaryl/α,β-unsaturated/α-hetero) is 1. The fourth-order valence-corrected chi connectivity index (χ4v) is 5.83. The van der Waals surface area contributed by atoms with Crippen LogP contribution in [0.2, 0.25) is 0 Å². The van der Waals surface area contributed by atoms with Crippen LogP contribution in [0.1, 0.15) is 62.1 Å². The molecule has 0 saturated carbocycles. The summed E-state index contributed by atoms with van der Waals surface area (Å²) in [5, 5.41) is 3.43. The van der Waals surface area contributed by atoms with E-state index in [-0.39, 0.29) is 17.6 Å². The Morgan fingerprint density at radius 2 is 1.67 bits per heavy atom. The van der Waals surface area contributed by atoms with Crippen molar-refractivity contribution in [1.29, 1.82) is 0 Å². The lowest BCUT2D eigenvalue weighted by Crippen LogP contribution is -2.36. The number of rotatable bonds is 10. The highest BCUT2D eigenvalue weighted by molar-refractivity contribution is 6.04. The van der Waals surface area contributed by atoms with Crippen LogP contribution in [0.4, 0.5) is 0 Å². The van der Waals surface area contributed by atoms with Gasteiger partial charge < -0.3 is 24.3 Å². The summed E-state index contributed by atoms with van der Waals surface area (Å²) in [7, 11) is 3.21. The Morgan fingerprint density at radius 1 is 0.907 bits per heavy atom. The second-order valence-corrected chi connectivity index (χ2v) is 11.5. The highest BCUT2D eigenvalue weighted by atomic mass is 16.5. The smallest absolute Gasteiger partial charge is 0.336 e. The van der Waals surface area contributed by atoms with E-state index in [0.717, 1.165) is 22.4 Å². The van der Waals surface area contributed by atoms with Crippen LogP contribution in [-0.4, -0.2) is 32.6 Å². The minimum Gasteiger partial charge on any atom is -0.493 e. The third-order valence-electron chi connectivity index (χ3n) is 7.91. The number of methoxy groups -OCH3 is 2. The van der Waals surface area contributed by atoms with Crippen LogP contribution < -0.4 is 19.5 Å². The molecule has 0 fully saturated rings. The number of carbonyl (C=O) groups is 2. The maximum atomic E-state index is 14.1. The SMILES string of the molecule is COc1ccc([C@H]2CC(=O)C3=C(C2)NC(C)=C(C(=O)OCC(C)C)[C@@H]3c2cccc(OCc3ccccc3)c2)cc1OC. The third kappa shape index (κ3) is 6.61. The molecule has 1 N–H and O–H groups in total. The van der Waals surface area contributed by atoms with E-state index in [1.54, 1.807) is 14.2 Å². The van der Waals surface area contributed by atoms with Gasteiger partial charge in [-0.1, -0.05) is 62.4 Å². The van der Waals surface area contributed by atoms with E-state index >= 15 is 0 Å². The summed E-state index contributed by atoms with van der Waals surface area (Å²) in [5.41, 5.74) is 5.45. The van der Waals surface area contributed by atoms with Gasteiger partial charge in [0.1, 0.15) is 12.4 Å². The molecule has 1 aliphatic carbocycles. The Kier molecular flexibility index (Phi) is 9.19. The molecule has 0 radical (unpaired) electrons. The number of dihydropyridines is 1. The molecular weight excluding hydrogens is 542 g/mol. The van der Waals surface area contributed by atoms with Crippen LogP contribution in [0.3, 0.4) is 0 Å². The molecule has 2 atom stereocenters. The predicted molar refractivity (Wildman–Crippen MR) is 165 cm³/mol. The van der Waals surface area contributed by atoms with Crippen molar-refractivity contribution in [1.82, 2.24) is 5.32 Å². The lowest BCUT2D eigenvalue weighted by atomic mass is 9.71. The van der Waals surface area contributed by atoms with E-state index in [2.05, 4.69) is 5.32 Å². The van der Waals surface area contributed by atoms with E-state index in [1.165, 1.54) is 0 Å². The summed E-state index contributed by atoms with van der Waals surface area (Å²) in [5.74, 6) is 1.07. The van der Waals surface area contributed by atoms with Gasteiger partial charge in [-0.25, -0.2) is 4.79 Å². The average Bonchev–Trinajstić information content (AvgIpc) is 3.02. The Morgan fingerprint density at radius 3 is 2.40 bits per heavy atom. The Labute approximate surface area is 253 Å². The first-order valence-corrected chi connectivity index (χ1v) is 14.7. The number of esters is 1. The molecule has 7 heteroatoms. The van der Waals surface area contributed by atoms with Crippen molar-refractivity contribution in [2.24, 2.45) is 5.92 Å². The van der Waals surface area contributed by atoms with E-state index in [4.69, 9.17) is 18.9 Å². The zero-order valence-corrected chi connectivity index (χ0v) is 25.4.